The molecule has 0 saturated heterocycles. The van der Waals surface area contributed by atoms with Crippen LogP contribution < -0.4 is 4.74 Å². The fourth-order valence-corrected chi connectivity index (χ4v) is 1.42. The molecule has 0 aliphatic carbocycles. The van der Waals surface area contributed by atoms with Gasteiger partial charge in [-0.3, -0.25) is 0 Å². The minimum atomic E-state index is -1.15. The van der Waals surface area contributed by atoms with Gasteiger partial charge in [-0.05, 0) is 5.56 Å². The summed E-state index contributed by atoms with van der Waals surface area (Å²) >= 11 is 0. The first-order chi connectivity index (χ1) is 7.74. The van der Waals surface area contributed by atoms with E-state index in [1.807, 2.05) is 6.07 Å². The number of carboxylic acid groups (broad SMARTS) is 1. The number of hydrogen-bond donors (Lipinski definition) is 1. The fourth-order valence-electron chi connectivity index (χ4n) is 1.42. The van der Waals surface area contributed by atoms with Crippen molar-refractivity contribution in [1.82, 2.24) is 5.16 Å². The summed E-state index contributed by atoms with van der Waals surface area (Å²) in [6, 6.07) is 8.97. The lowest BCUT2D eigenvalue weighted by Crippen LogP contribution is -1.99. The van der Waals surface area contributed by atoms with Gasteiger partial charge < -0.3 is 14.4 Å². The largest absolute Gasteiger partial charge is 0.476 e. The van der Waals surface area contributed by atoms with Crippen LogP contribution in [0.2, 0.25) is 0 Å². The molecule has 0 radical (unpaired) electrons. The summed E-state index contributed by atoms with van der Waals surface area (Å²) in [6.45, 7) is 0. The molecule has 0 atom stereocenters. The number of hydrogen-bond acceptors (Lipinski definition) is 4. The third-order valence-electron chi connectivity index (χ3n) is 2.11. The van der Waals surface area contributed by atoms with Gasteiger partial charge in [0.1, 0.15) is 5.56 Å². The molecule has 0 spiro atoms. The molecule has 0 fully saturated rings. The number of carbonyl (C=O) groups is 1. The Balaban J connectivity index is 2.62. The SMILES string of the molecule is COc1onc(C(=O)O)c1-c1ccccc1. The number of benzene rings is 1. The lowest BCUT2D eigenvalue weighted by Gasteiger charge is -2.00. The van der Waals surface area contributed by atoms with Gasteiger partial charge in [-0.2, -0.15) is 0 Å². The highest BCUT2D eigenvalue weighted by Gasteiger charge is 2.23. The standard InChI is InChI=1S/C11H9NO4/c1-15-11-8(7-5-3-2-4-6-7)9(10(13)14)12-16-11/h2-6H,1H3,(H,13,14). The van der Waals surface area contributed by atoms with Gasteiger partial charge >= 0.3 is 11.9 Å². The molecule has 1 N–H and O–H groups in total. The zero-order valence-electron chi connectivity index (χ0n) is 8.51. The summed E-state index contributed by atoms with van der Waals surface area (Å²) < 4.78 is 9.75. The number of carboxylic acids is 1. The lowest BCUT2D eigenvalue weighted by molar-refractivity contribution is 0.0686. The smallest absolute Gasteiger partial charge is 0.358 e. The van der Waals surface area contributed by atoms with E-state index in [1.54, 1.807) is 24.3 Å². The van der Waals surface area contributed by atoms with Crippen LogP contribution in [-0.4, -0.2) is 23.3 Å². The van der Waals surface area contributed by atoms with Gasteiger partial charge in [-0.15, -0.1) is 0 Å². The highest BCUT2D eigenvalue weighted by molar-refractivity contribution is 5.95. The van der Waals surface area contributed by atoms with E-state index in [0.717, 1.165) is 0 Å². The van der Waals surface area contributed by atoms with Gasteiger partial charge in [0.05, 0.1) is 7.11 Å². The van der Waals surface area contributed by atoms with Crippen molar-refractivity contribution in [3.63, 3.8) is 0 Å². The summed E-state index contributed by atoms with van der Waals surface area (Å²) in [6.07, 6.45) is 0. The highest BCUT2D eigenvalue weighted by Crippen LogP contribution is 2.33. The van der Waals surface area contributed by atoms with Crippen LogP contribution >= 0.6 is 0 Å². The van der Waals surface area contributed by atoms with Gasteiger partial charge in [-0.25, -0.2) is 4.79 Å². The van der Waals surface area contributed by atoms with Gasteiger partial charge in [0.2, 0.25) is 5.69 Å². The molecule has 1 heterocycles. The molecule has 0 aliphatic rings. The molecule has 82 valence electrons. The average molecular weight is 219 g/mol. The Morgan fingerprint density at radius 1 is 1.38 bits per heavy atom. The number of aromatic carboxylic acids is 1. The van der Waals surface area contributed by atoms with Gasteiger partial charge in [0.15, 0.2) is 0 Å². The fraction of sp³-hybridized carbons (Fsp3) is 0.0909. The summed E-state index contributed by atoms with van der Waals surface area (Å²) in [4.78, 5) is 10.9. The van der Waals surface area contributed by atoms with Crippen molar-refractivity contribution >= 4 is 5.97 Å². The summed E-state index contributed by atoms with van der Waals surface area (Å²) in [5, 5.41) is 12.4. The summed E-state index contributed by atoms with van der Waals surface area (Å²) in [5.41, 5.74) is 0.900. The van der Waals surface area contributed by atoms with E-state index < -0.39 is 5.97 Å². The first-order valence-electron chi connectivity index (χ1n) is 4.56. The second-order valence-electron chi connectivity index (χ2n) is 3.07. The number of aromatic nitrogens is 1. The number of ether oxygens (including phenoxy) is 1. The topological polar surface area (TPSA) is 72.6 Å². The van der Waals surface area contributed by atoms with Crippen LogP contribution in [0.1, 0.15) is 10.5 Å². The van der Waals surface area contributed by atoms with Gasteiger partial charge in [0.25, 0.3) is 0 Å². The molecule has 0 aliphatic heterocycles. The van der Waals surface area contributed by atoms with E-state index in [4.69, 9.17) is 14.4 Å². The van der Waals surface area contributed by atoms with Crippen molar-refractivity contribution in [2.75, 3.05) is 7.11 Å². The predicted octanol–water partition coefficient (Wildman–Crippen LogP) is 2.05. The molecular weight excluding hydrogens is 210 g/mol. The van der Waals surface area contributed by atoms with Crippen molar-refractivity contribution in [2.45, 2.75) is 0 Å². The van der Waals surface area contributed by atoms with Crippen LogP contribution in [0.15, 0.2) is 34.9 Å². The van der Waals surface area contributed by atoms with E-state index in [0.29, 0.717) is 11.1 Å². The predicted molar refractivity (Wildman–Crippen MR) is 55.5 cm³/mol. The Morgan fingerprint density at radius 3 is 2.62 bits per heavy atom. The number of methoxy groups -OCH3 is 1. The van der Waals surface area contributed by atoms with Crippen LogP contribution in [0.5, 0.6) is 5.95 Å². The van der Waals surface area contributed by atoms with E-state index in [-0.39, 0.29) is 11.6 Å². The second kappa shape index (κ2) is 4.06. The normalized spacial score (nSPS) is 10.1. The summed E-state index contributed by atoms with van der Waals surface area (Å²) in [5.74, 6) is -1.05. The van der Waals surface area contributed by atoms with Crippen LogP contribution in [0.3, 0.4) is 0 Å². The maximum absolute atomic E-state index is 10.9. The van der Waals surface area contributed by atoms with Crippen molar-refractivity contribution in [1.29, 1.82) is 0 Å². The minimum absolute atomic E-state index is 0.101. The molecule has 2 aromatic rings. The molecule has 5 heteroatoms. The first-order valence-corrected chi connectivity index (χ1v) is 4.56. The van der Waals surface area contributed by atoms with E-state index in [9.17, 15) is 4.79 Å². The molecule has 0 saturated carbocycles. The maximum Gasteiger partial charge on any atom is 0.358 e. The molecule has 0 amide bonds. The molecular formula is C11H9NO4. The highest BCUT2D eigenvalue weighted by atomic mass is 16.6. The lowest BCUT2D eigenvalue weighted by atomic mass is 10.1. The van der Waals surface area contributed by atoms with E-state index >= 15 is 0 Å². The number of nitrogens with zero attached hydrogens (tertiary/aromatic N) is 1. The Hall–Kier alpha value is -2.30. The monoisotopic (exact) mass is 219 g/mol. The van der Waals surface area contributed by atoms with Gasteiger partial charge in [0, 0.05) is 0 Å². The van der Waals surface area contributed by atoms with Crippen LogP contribution in [0.25, 0.3) is 11.1 Å². The van der Waals surface area contributed by atoms with Crippen molar-refractivity contribution in [3.05, 3.63) is 36.0 Å². The molecule has 2 rings (SSSR count). The molecule has 0 unspecified atom stereocenters. The zero-order valence-corrected chi connectivity index (χ0v) is 8.51. The van der Waals surface area contributed by atoms with Crippen LogP contribution in [-0.2, 0) is 0 Å². The third-order valence-corrected chi connectivity index (χ3v) is 2.11. The molecule has 1 aromatic carbocycles. The van der Waals surface area contributed by atoms with E-state index in [2.05, 4.69) is 5.16 Å². The maximum atomic E-state index is 10.9. The Morgan fingerprint density at radius 2 is 2.06 bits per heavy atom. The van der Waals surface area contributed by atoms with E-state index in [1.165, 1.54) is 7.11 Å². The number of rotatable bonds is 3. The minimum Gasteiger partial charge on any atom is -0.476 e. The zero-order chi connectivity index (χ0) is 11.5. The molecule has 16 heavy (non-hydrogen) atoms. The average Bonchev–Trinajstić information content (AvgIpc) is 2.73. The second-order valence-corrected chi connectivity index (χ2v) is 3.07. The Labute approximate surface area is 91.3 Å². The Bertz CT molecular complexity index is 504. The molecule has 1 aromatic heterocycles. The van der Waals surface area contributed by atoms with Crippen LogP contribution in [0, 0.1) is 0 Å². The first kappa shape index (κ1) is 10.2. The van der Waals surface area contributed by atoms with Crippen molar-refractivity contribution < 1.29 is 19.2 Å². The molecule has 5 nitrogen and oxygen atoms in total. The quantitative estimate of drug-likeness (QED) is 0.855. The van der Waals surface area contributed by atoms with Gasteiger partial charge in [-0.1, -0.05) is 35.5 Å². The Kier molecular flexibility index (Phi) is 2.59. The molecule has 0 bridgehead atoms. The van der Waals surface area contributed by atoms with Crippen molar-refractivity contribution in [2.24, 2.45) is 0 Å². The summed E-state index contributed by atoms with van der Waals surface area (Å²) in [7, 11) is 1.40. The third kappa shape index (κ3) is 1.63. The van der Waals surface area contributed by atoms with Crippen molar-refractivity contribution in [3.8, 4) is 17.1 Å². The van der Waals surface area contributed by atoms with Crippen LogP contribution in [0.4, 0.5) is 0 Å².